The van der Waals surface area contributed by atoms with Crippen LogP contribution in [0.25, 0.3) is 0 Å². The van der Waals surface area contributed by atoms with Gasteiger partial charge < -0.3 is 20.7 Å². The fourth-order valence-electron chi connectivity index (χ4n) is 2.37. The van der Waals surface area contributed by atoms with Crippen molar-refractivity contribution in [3.63, 3.8) is 0 Å². The molecular weight excluding hydrogens is 276 g/mol. The summed E-state index contributed by atoms with van der Waals surface area (Å²) in [6, 6.07) is 0.495. The van der Waals surface area contributed by atoms with Gasteiger partial charge in [-0.1, -0.05) is 11.3 Å². The van der Waals surface area contributed by atoms with Crippen molar-refractivity contribution in [3.8, 4) is 0 Å². The Kier molecular flexibility index (Phi) is 4.07. The molecule has 1 aromatic heterocycles. The first kappa shape index (κ1) is 13.6. The number of amides is 1. The first-order chi connectivity index (χ1) is 9.74. The van der Waals surface area contributed by atoms with Gasteiger partial charge in [0, 0.05) is 25.7 Å². The minimum atomic E-state index is -0.0211. The molecule has 7 heteroatoms. The number of rotatable bonds is 3. The summed E-state index contributed by atoms with van der Waals surface area (Å²) in [5.74, 6) is 0.319. The highest BCUT2D eigenvalue weighted by molar-refractivity contribution is 7.18. The van der Waals surface area contributed by atoms with Gasteiger partial charge in [0.2, 0.25) is 0 Å². The molecule has 0 unspecified atom stereocenters. The molecule has 3 rings (SSSR count). The first-order valence-corrected chi connectivity index (χ1v) is 7.95. The lowest BCUT2D eigenvalue weighted by molar-refractivity contribution is 0.0747. The number of ether oxygens (including phenoxy) is 1. The van der Waals surface area contributed by atoms with Crippen LogP contribution in [-0.2, 0) is 4.74 Å². The number of hydrogen-bond donors (Lipinski definition) is 2. The first-order valence-electron chi connectivity index (χ1n) is 7.14. The third-order valence-electron chi connectivity index (χ3n) is 3.79. The minimum absolute atomic E-state index is 0.0211. The topological polar surface area (TPSA) is 80.5 Å². The van der Waals surface area contributed by atoms with Crippen molar-refractivity contribution in [2.75, 3.05) is 37.4 Å². The van der Waals surface area contributed by atoms with E-state index in [4.69, 9.17) is 10.5 Å². The summed E-state index contributed by atoms with van der Waals surface area (Å²) in [5, 5.41) is 4.11. The molecule has 3 N–H and O–H groups in total. The largest absolute Gasteiger partial charge is 0.382 e. The van der Waals surface area contributed by atoms with Crippen LogP contribution in [-0.4, -0.2) is 48.1 Å². The van der Waals surface area contributed by atoms with Crippen LogP contribution in [0.15, 0.2) is 0 Å². The number of anilines is 2. The molecule has 20 heavy (non-hydrogen) atoms. The fraction of sp³-hybridized carbons (Fsp3) is 0.692. The Morgan fingerprint density at radius 1 is 1.35 bits per heavy atom. The van der Waals surface area contributed by atoms with E-state index in [9.17, 15) is 4.79 Å². The SMILES string of the molecule is Nc1nc(NC2CCC2)sc1C(=O)N1CCCOCC1. The third kappa shape index (κ3) is 2.88. The Morgan fingerprint density at radius 2 is 2.20 bits per heavy atom. The van der Waals surface area contributed by atoms with Gasteiger partial charge in [0.25, 0.3) is 5.91 Å². The fourth-order valence-corrected chi connectivity index (χ4v) is 3.30. The molecule has 1 aromatic rings. The maximum atomic E-state index is 12.5. The van der Waals surface area contributed by atoms with E-state index in [2.05, 4.69) is 10.3 Å². The summed E-state index contributed by atoms with van der Waals surface area (Å²) < 4.78 is 5.37. The maximum Gasteiger partial charge on any atom is 0.267 e. The number of carbonyl (C=O) groups excluding carboxylic acids is 1. The molecular formula is C13H20N4O2S. The lowest BCUT2D eigenvalue weighted by Crippen LogP contribution is -2.33. The van der Waals surface area contributed by atoms with Gasteiger partial charge in [-0.05, 0) is 25.7 Å². The van der Waals surface area contributed by atoms with Crippen LogP contribution in [0.1, 0.15) is 35.4 Å². The van der Waals surface area contributed by atoms with Crippen LogP contribution in [0.5, 0.6) is 0 Å². The van der Waals surface area contributed by atoms with Gasteiger partial charge in [-0.3, -0.25) is 4.79 Å². The average molecular weight is 296 g/mol. The van der Waals surface area contributed by atoms with Crippen molar-refractivity contribution >= 4 is 28.2 Å². The molecule has 2 aliphatic rings. The van der Waals surface area contributed by atoms with Gasteiger partial charge in [-0.2, -0.15) is 0 Å². The Morgan fingerprint density at radius 3 is 2.95 bits per heavy atom. The summed E-state index contributed by atoms with van der Waals surface area (Å²) in [4.78, 5) is 19.1. The number of carbonyl (C=O) groups is 1. The van der Waals surface area contributed by atoms with E-state index >= 15 is 0 Å². The molecule has 1 aliphatic heterocycles. The van der Waals surface area contributed by atoms with Gasteiger partial charge in [0.15, 0.2) is 5.13 Å². The second-order valence-corrected chi connectivity index (χ2v) is 6.26. The Labute approximate surface area is 122 Å². The predicted molar refractivity (Wildman–Crippen MR) is 79.1 cm³/mol. The second-order valence-electron chi connectivity index (χ2n) is 5.26. The highest BCUT2D eigenvalue weighted by atomic mass is 32.1. The van der Waals surface area contributed by atoms with Crippen molar-refractivity contribution < 1.29 is 9.53 Å². The predicted octanol–water partition coefficient (Wildman–Crippen LogP) is 1.55. The van der Waals surface area contributed by atoms with Crippen molar-refractivity contribution in [1.82, 2.24) is 9.88 Å². The number of nitrogens with two attached hydrogens (primary N) is 1. The van der Waals surface area contributed by atoms with Crippen molar-refractivity contribution in [2.45, 2.75) is 31.7 Å². The monoisotopic (exact) mass is 296 g/mol. The van der Waals surface area contributed by atoms with Crippen LogP contribution in [0.4, 0.5) is 10.9 Å². The molecule has 0 spiro atoms. The van der Waals surface area contributed by atoms with Gasteiger partial charge >= 0.3 is 0 Å². The lowest BCUT2D eigenvalue weighted by atomic mass is 9.93. The quantitative estimate of drug-likeness (QED) is 0.884. The van der Waals surface area contributed by atoms with Gasteiger partial charge in [-0.15, -0.1) is 0 Å². The maximum absolute atomic E-state index is 12.5. The van der Waals surface area contributed by atoms with Gasteiger partial charge in [-0.25, -0.2) is 4.98 Å². The molecule has 0 atom stereocenters. The highest BCUT2D eigenvalue weighted by Crippen LogP contribution is 2.30. The number of nitrogens with one attached hydrogen (secondary N) is 1. The zero-order valence-corrected chi connectivity index (χ0v) is 12.2. The zero-order chi connectivity index (χ0) is 13.9. The van der Waals surface area contributed by atoms with E-state index in [0.717, 1.165) is 24.7 Å². The number of thiazole rings is 1. The molecule has 2 fully saturated rings. The second kappa shape index (κ2) is 5.97. The molecule has 0 aromatic carbocycles. The van der Waals surface area contributed by atoms with E-state index in [1.165, 1.54) is 30.6 Å². The summed E-state index contributed by atoms with van der Waals surface area (Å²) in [6.07, 6.45) is 4.48. The highest BCUT2D eigenvalue weighted by Gasteiger charge is 2.25. The number of nitrogens with zero attached hydrogens (tertiary/aromatic N) is 2. The van der Waals surface area contributed by atoms with Crippen molar-refractivity contribution in [2.24, 2.45) is 0 Å². The number of nitrogen functional groups attached to an aromatic ring is 1. The van der Waals surface area contributed by atoms with Crippen LogP contribution in [0.3, 0.4) is 0 Å². The molecule has 0 radical (unpaired) electrons. The summed E-state index contributed by atoms with van der Waals surface area (Å²) >= 11 is 1.37. The van der Waals surface area contributed by atoms with E-state index in [-0.39, 0.29) is 5.91 Å². The molecule has 2 heterocycles. The van der Waals surface area contributed by atoms with E-state index in [0.29, 0.717) is 29.9 Å². The zero-order valence-electron chi connectivity index (χ0n) is 11.4. The summed E-state index contributed by atoms with van der Waals surface area (Å²) in [7, 11) is 0. The molecule has 110 valence electrons. The molecule has 1 saturated carbocycles. The summed E-state index contributed by atoms with van der Waals surface area (Å²) in [6.45, 7) is 2.66. The van der Waals surface area contributed by atoms with Crippen LogP contribution >= 0.6 is 11.3 Å². The van der Waals surface area contributed by atoms with E-state index < -0.39 is 0 Å². The Balaban J connectivity index is 1.69. The number of aromatic nitrogens is 1. The average Bonchev–Trinajstić information content (AvgIpc) is 2.62. The van der Waals surface area contributed by atoms with Crippen molar-refractivity contribution in [1.29, 1.82) is 0 Å². The Hall–Kier alpha value is -1.34. The minimum Gasteiger partial charge on any atom is -0.382 e. The molecule has 1 saturated heterocycles. The third-order valence-corrected chi connectivity index (χ3v) is 4.78. The smallest absolute Gasteiger partial charge is 0.267 e. The lowest BCUT2D eigenvalue weighted by Gasteiger charge is -2.25. The molecule has 6 nitrogen and oxygen atoms in total. The van der Waals surface area contributed by atoms with Gasteiger partial charge in [0.05, 0.1) is 6.61 Å². The normalized spacial score (nSPS) is 20.3. The van der Waals surface area contributed by atoms with E-state index in [1.54, 1.807) is 0 Å². The van der Waals surface area contributed by atoms with Crippen molar-refractivity contribution in [3.05, 3.63) is 4.88 Å². The van der Waals surface area contributed by atoms with Crippen LogP contribution in [0.2, 0.25) is 0 Å². The van der Waals surface area contributed by atoms with Gasteiger partial charge in [0.1, 0.15) is 10.7 Å². The number of hydrogen-bond acceptors (Lipinski definition) is 6. The standard InChI is InChI=1S/C13H20N4O2S/c14-11-10(12(18)17-5-2-7-19-8-6-17)20-13(16-11)15-9-3-1-4-9/h9H,1-8,14H2,(H,15,16). The molecule has 1 aliphatic carbocycles. The van der Waals surface area contributed by atoms with Crippen LogP contribution in [0, 0.1) is 0 Å². The molecule has 0 bridgehead atoms. The molecule has 1 amide bonds. The van der Waals surface area contributed by atoms with Crippen LogP contribution < -0.4 is 11.1 Å². The Bertz CT molecular complexity index is 479. The van der Waals surface area contributed by atoms with E-state index in [1.807, 2.05) is 4.90 Å². The summed E-state index contributed by atoms with van der Waals surface area (Å²) in [5.41, 5.74) is 5.90.